The fourth-order valence-electron chi connectivity index (χ4n) is 0.562. The second-order valence-electron chi connectivity index (χ2n) is 2.38. The van der Waals surface area contributed by atoms with Gasteiger partial charge in [-0.25, -0.2) is 0 Å². The van der Waals surface area contributed by atoms with E-state index in [-0.39, 0.29) is 6.10 Å². The molecule has 0 rings (SSSR count). The van der Waals surface area contributed by atoms with Gasteiger partial charge in [0.2, 0.25) is 0 Å². The maximum absolute atomic E-state index is 9.09. The lowest BCUT2D eigenvalue weighted by Crippen LogP contribution is -2.11. The van der Waals surface area contributed by atoms with Crippen LogP contribution >= 0.6 is 0 Å². The fraction of sp³-hybridized carbons (Fsp3) is 0.857. The highest BCUT2D eigenvalue weighted by molar-refractivity contribution is 4.85. The van der Waals surface area contributed by atoms with Crippen molar-refractivity contribution in [1.29, 1.82) is 0 Å². The molecule has 1 N–H and O–H groups in total. The van der Waals surface area contributed by atoms with Gasteiger partial charge < -0.3 is 5.11 Å². The van der Waals surface area contributed by atoms with Gasteiger partial charge in [-0.1, -0.05) is 27.2 Å². The average molecular weight is 115 g/mol. The molecule has 0 aliphatic heterocycles. The van der Waals surface area contributed by atoms with Crippen LogP contribution in [0, 0.1) is 5.92 Å². The summed E-state index contributed by atoms with van der Waals surface area (Å²) in [5.74, 6) is 1.12. The van der Waals surface area contributed by atoms with Crippen LogP contribution in [0.5, 0.6) is 0 Å². The number of aliphatic hydroxyl groups is 1. The van der Waals surface area contributed by atoms with Crippen molar-refractivity contribution in [2.24, 2.45) is 0 Å². The lowest BCUT2D eigenvalue weighted by atomic mass is 10.0. The molecule has 0 heterocycles. The standard InChI is InChI=1S/C7H15O/c1-4-5-7(8)6(2)3/h7-8H,4-5H2,1-3H3. The van der Waals surface area contributed by atoms with Crippen molar-refractivity contribution in [1.82, 2.24) is 0 Å². The summed E-state index contributed by atoms with van der Waals surface area (Å²) in [6.45, 7) is 5.99. The van der Waals surface area contributed by atoms with E-state index in [4.69, 9.17) is 5.11 Å². The van der Waals surface area contributed by atoms with E-state index >= 15 is 0 Å². The van der Waals surface area contributed by atoms with E-state index in [1.807, 2.05) is 13.8 Å². The van der Waals surface area contributed by atoms with Crippen LogP contribution < -0.4 is 0 Å². The molecule has 1 radical (unpaired) electrons. The molecule has 0 bridgehead atoms. The number of hydrogen-bond donors (Lipinski definition) is 1. The zero-order chi connectivity index (χ0) is 6.57. The van der Waals surface area contributed by atoms with Gasteiger partial charge in [-0.15, -0.1) is 0 Å². The fourth-order valence-corrected chi connectivity index (χ4v) is 0.562. The maximum atomic E-state index is 9.09. The Morgan fingerprint density at radius 2 is 2.00 bits per heavy atom. The minimum atomic E-state index is -0.167. The third-order valence-corrected chi connectivity index (χ3v) is 1.23. The van der Waals surface area contributed by atoms with E-state index in [1.165, 1.54) is 0 Å². The van der Waals surface area contributed by atoms with Crippen molar-refractivity contribution < 1.29 is 5.11 Å². The molecule has 1 atom stereocenters. The average Bonchev–Trinajstić information content (AvgIpc) is 1.67. The van der Waals surface area contributed by atoms with Gasteiger partial charge in [0.05, 0.1) is 6.10 Å². The Hall–Kier alpha value is -0.0400. The molecule has 0 amide bonds. The molecule has 0 aliphatic rings. The van der Waals surface area contributed by atoms with Gasteiger partial charge in [-0.05, 0) is 12.3 Å². The molecule has 1 unspecified atom stereocenters. The Labute approximate surface area is 51.7 Å². The van der Waals surface area contributed by atoms with Crippen molar-refractivity contribution in [2.75, 3.05) is 0 Å². The van der Waals surface area contributed by atoms with Crippen LogP contribution in [0.1, 0.15) is 33.6 Å². The van der Waals surface area contributed by atoms with E-state index in [0.717, 1.165) is 18.8 Å². The molecule has 0 aromatic rings. The third-order valence-electron chi connectivity index (χ3n) is 1.23. The first-order chi connectivity index (χ1) is 3.68. The van der Waals surface area contributed by atoms with Crippen molar-refractivity contribution in [3.8, 4) is 0 Å². The summed E-state index contributed by atoms with van der Waals surface area (Å²) in [5, 5.41) is 9.09. The minimum Gasteiger partial charge on any atom is -0.393 e. The Bertz CT molecular complexity index is 50.3. The molecule has 0 saturated heterocycles. The predicted octanol–water partition coefficient (Wildman–Crippen LogP) is 1.76. The molecule has 1 heteroatoms. The van der Waals surface area contributed by atoms with Crippen LogP contribution in [0.3, 0.4) is 0 Å². The first kappa shape index (κ1) is 7.96. The Morgan fingerprint density at radius 3 is 2.12 bits per heavy atom. The molecule has 0 saturated carbocycles. The van der Waals surface area contributed by atoms with Crippen molar-refractivity contribution in [3.05, 3.63) is 5.92 Å². The SMILES string of the molecule is CCCC(O)[C](C)C. The molecule has 0 aliphatic carbocycles. The van der Waals surface area contributed by atoms with Crippen molar-refractivity contribution in [2.45, 2.75) is 39.7 Å². The lowest BCUT2D eigenvalue weighted by molar-refractivity contribution is 0.177. The van der Waals surface area contributed by atoms with E-state index in [2.05, 4.69) is 6.92 Å². The number of hydrogen-bond acceptors (Lipinski definition) is 1. The van der Waals surface area contributed by atoms with Crippen LogP contribution in [0.4, 0.5) is 0 Å². The van der Waals surface area contributed by atoms with Crippen LogP contribution in [-0.4, -0.2) is 11.2 Å². The quantitative estimate of drug-likeness (QED) is 0.594. The van der Waals surface area contributed by atoms with Gasteiger partial charge in [0.15, 0.2) is 0 Å². The van der Waals surface area contributed by atoms with Crippen molar-refractivity contribution >= 4 is 0 Å². The first-order valence-corrected chi connectivity index (χ1v) is 3.16. The highest BCUT2D eigenvalue weighted by atomic mass is 16.3. The molecule has 8 heavy (non-hydrogen) atoms. The highest BCUT2D eigenvalue weighted by Crippen LogP contribution is 2.08. The molecule has 49 valence electrons. The van der Waals surface area contributed by atoms with E-state index in [9.17, 15) is 0 Å². The first-order valence-electron chi connectivity index (χ1n) is 3.16. The predicted molar refractivity (Wildman–Crippen MR) is 35.5 cm³/mol. The van der Waals surface area contributed by atoms with E-state index < -0.39 is 0 Å². The number of aliphatic hydroxyl groups excluding tert-OH is 1. The molecular weight excluding hydrogens is 100 g/mol. The summed E-state index contributed by atoms with van der Waals surface area (Å²) in [4.78, 5) is 0. The topological polar surface area (TPSA) is 20.2 Å². The van der Waals surface area contributed by atoms with Gasteiger partial charge in [-0.2, -0.15) is 0 Å². The van der Waals surface area contributed by atoms with Crippen LogP contribution in [0.25, 0.3) is 0 Å². The molecule has 1 nitrogen and oxygen atoms in total. The largest absolute Gasteiger partial charge is 0.393 e. The summed E-state index contributed by atoms with van der Waals surface area (Å²) in [7, 11) is 0. The van der Waals surface area contributed by atoms with Gasteiger partial charge in [0, 0.05) is 0 Å². The molecule has 0 aromatic heterocycles. The summed E-state index contributed by atoms with van der Waals surface area (Å²) in [5.41, 5.74) is 0. The molecule has 0 fully saturated rings. The normalized spacial score (nSPS) is 14.6. The number of rotatable bonds is 3. The minimum absolute atomic E-state index is 0.167. The summed E-state index contributed by atoms with van der Waals surface area (Å²) < 4.78 is 0. The van der Waals surface area contributed by atoms with Crippen molar-refractivity contribution in [3.63, 3.8) is 0 Å². The smallest absolute Gasteiger partial charge is 0.0597 e. The monoisotopic (exact) mass is 115 g/mol. The van der Waals surface area contributed by atoms with E-state index in [0.29, 0.717) is 0 Å². The highest BCUT2D eigenvalue weighted by Gasteiger charge is 2.06. The van der Waals surface area contributed by atoms with Gasteiger partial charge in [0.25, 0.3) is 0 Å². The lowest BCUT2D eigenvalue weighted by Gasteiger charge is -2.10. The second kappa shape index (κ2) is 3.90. The maximum Gasteiger partial charge on any atom is 0.0597 e. The zero-order valence-corrected chi connectivity index (χ0v) is 5.94. The van der Waals surface area contributed by atoms with Crippen LogP contribution in [0.15, 0.2) is 0 Å². The summed E-state index contributed by atoms with van der Waals surface area (Å²) in [6.07, 6.45) is 1.80. The summed E-state index contributed by atoms with van der Waals surface area (Å²) in [6, 6.07) is 0. The van der Waals surface area contributed by atoms with Crippen LogP contribution in [-0.2, 0) is 0 Å². The van der Waals surface area contributed by atoms with Gasteiger partial charge >= 0.3 is 0 Å². The van der Waals surface area contributed by atoms with E-state index in [1.54, 1.807) is 0 Å². The Balaban J connectivity index is 3.17. The second-order valence-corrected chi connectivity index (χ2v) is 2.38. The van der Waals surface area contributed by atoms with Gasteiger partial charge in [0.1, 0.15) is 0 Å². The zero-order valence-electron chi connectivity index (χ0n) is 5.94. The Morgan fingerprint density at radius 1 is 1.50 bits per heavy atom. The molecular formula is C7H15O. The van der Waals surface area contributed by atoms with Crippen LogP contribution in [0.2, 0.25) is 0 Å². The third kappa shape index (κ3) is 3.03. The summed E-state index contributed by atoms with van der Waals surface area (Å²) >= 11 is 0. The molecule has 0 aromatic carbocycles. The Kier molecular flexibility index (Phi) is 3.88. The molecule has 0 spiro atoms. The van der Waals surface area contributed by atoms with Gasteiger partial charge in [-0.3, -0.25) is 0 Å².